The number of rotatable bonds is 12. The van der Waals surface area contributed by atoms with Crippen molar-refractivity contribution in [3.8, 4) is 5.75 Å². The van der Waals surface area contributed by atoms with Crippen LogP contribution in [-0.2, 0) is 21.9 Å². The van der Waals surface area contributed by atoms with E-state index in [-0.39, 0.29) is 11.8 Å². The number of aryl methyl sites for hydroxylation is 2. The molecule has 0 saturated carbocycles. The molecule has 1 atom stereocenters. The van der Waals surface area contributed by atoms with Gasteiger partial charge in [0.25, 0.3) is 0 Å². The first-order chi connectivity index (χ1) is 15.4. The lowest BCUT2D eigenvalue weighted by Gasteiger charge is -2.30. The maximum absolute atomic E-state index is 13.3. The predicted molar refractivity (Wildman–Crippen MR) is 133 cm³/mol. The summed E-state index contributed by atoms with van der Waals surface area (Å²) in [6.45, 7) is 9.15. The number of thioether (sulfide) groups is 1. The Morgan fingerprint density at radius 2 is 1.69 bits per heavy atom. The second kappa shape index (κ2) is 13.2. The minimum Gasteiger partial charge on any atom is -0.497 e. The first-order valence-corrected chi connectivity index (χ1v) is 12.4. The van der Waals surface area contributed by atoms with Crippen LogP contribution in [0.25, 0.3) is 0 Å². The summed E-state index contributed by atoms with van der Waals surface area (Å²) < 4.78 is 5.24. The SMILES string of the molecule is CCCNC(=O)[C@@H](CC)N(Cc1ccc(OC)cc1)C(=O)CSCc1cc(C)cc(C)c1. The van der Waals surface area contributed by atoms with Crippen molar-refractivity contribution in [1.82, 2.24) is 10.2 Å². The fraction of sp³-hybridized carbons (Fsp3) is 0.462. The molecular weight excluding hydrogens is 420 g/mol. The maximum atomic E-state index is 13.3. The number of hydrogen-bond acceptors (Lipinski definition) is 4. The Kier molecular flexibility index (Phi) is 10.6. The lowest BCUT2D eigenvalue weighted by atomic mass is 10.1. The van der Waals surface area contributed by atoms with Gasteiger partial charge in [0.15, 0.2) is 0 Å². The van der Waals surface area contributed by atoms with E-state index in [1.807, 2.05) is 38.1 Å². The van der Waals surface area contributed by atoms with Gasteiger partial charge in [-0.3, -0.25) is 9.59 Å². The van der Waals surface area contributed by atoms with Crippen molar-refractivity contribution < 1.29 is 14.3 Å². The Labute approximate surface area is 196 Å². The van der Waals surface area contributed by atoms with Crippen LogP contribution in [0.15, 0.2) is 42.5 Å². The van der Waals surface area contributed by atoms with Crippen LogP contribution in [0.1, 0.15) is 48.9 Å². The van der Waals surface area contributed by atoms with Gasteiger partial charge in [-0.1, -0.05) is 55.3 Å². The molecule has 6 heteroatoms. The van der Waals surface area contributed by atoms with Gasteiger partial charge < -0.3 is 15.0 Å². The highest BCUT2D eigenvalue weighted by Crippen LogP contribution is 2.20. The number of carbonyl (C=O) groups excluding carboxylic acids is 2. The van der Waals surface area contributed by atoms with Crippen LogP contribution in [0.3, 0.4) is 0 Å². The average molecular weight is 457 g/mol. The smallest absolute Gasteiger partial charge is 0.242 e. The third-order valence-corrected chi connectivity index (χ3v) is 6.21. The van der Waals surface area contributed by atoms with E-state index in [0.717, 1.165) is 23.5 Å². The van der Waals surface area contributed by atoms with Crippen LogP contribution < -0.4 is 10.1 Å². The molecule has 0 bridgehead atoms. The maximum Gasteiger partial charge on any atom is 0.242 e. The van der Waals surface area contributed by atoms with Gasteiger partial charge in [0.2, 0.25) is 11.8 Å². The minimum atomic E-state index is -0.488. The molecule has 0 aliphatic rings. The molecule has 0 fully saturated rings. The average Bonchev–Trinajstić information content (AvgIpc) is 2.77. The molecule has 1 N–H and O–H groups in total. The van der Waals surface area contributed by atoms with Gasteiger partial charge in [-0.2, -0.15) is 0 Å². The van der Waals surface area contributed by atoms with E-state index in [2.05, 4.69) is 37.4 Å². The molecule has 174 valence electrons. The Morgan fingerprint density at radius 1 is 1.03 bits per heavy atom. The van der Waals surface area contributed by atoms with Gasteiger partial charge in [0, 0.05) is 18.8 Å². The zero-order valence-electron chi connectivity index (χ0n) is 19.9. The second-order valence-corrected chi connectivity index (χ2v) is 9.06. The van der Waals surface area contributed by atoms with Crippen LogP contribution >= 0.6 is 11.8 Å². The highest BCUT2D eigenvalue weighted by molar-refractivity contribution is 7.99. The van der Waals surface area contributed by atoms with Gasteiger partial charge >= 0.3 is 0 Å². The number of carbonyl (C=O) groups is 2. The molecule has 2 rings (SSSR count). The van der Waals surface area contributed by atoms with Crippen LogP contribution in [-0.4, -0.2) is 42.2 Å². The Hall–Kier alpha value is -2.47. The number of nitrogens with zero attached hydrogens (tertiary/aromatic N) is 1. The standard InChI is InChI=1S/C26H36N2O3S/c1-6-12-27-26(30)24(7-2)28(16-21-8-10-23(31-5)11-9-21)25(29)18-32-17-22-14-19(3)13-20(4)15-22/h8-11,13-15,24H,6-7,12,16-18H2,1-5H3,(H,27,30)/t24-/m1/s1. The highest BCUT2D eigenvalue weighted by Gasteiger charge is 2.28. The van der Waals surface area contributed by atoms with E-state index >= 15 is 0 Å². The minimum absolute atomic E-state index is 0.0197. The molecule has 0 radical (unpaired) electrons. The third-order valence-electron chi connectivity index (χ3n) is 5.22. The molecule has 2 amide bonds. The fourth-order valence-electron chi connectivity index (χ4n) is 3.70. The van der Waals surface area contributed by atoms with Crippen LogP contribution in [0, 0.1) is 13.8 Å². The van der Waals surface area contributed by atoms with E-state index in [4.69, 9.17) is 4.74 Å². The van der Waals surface area contributed by atoms with Crippen LogP contribution in [0.5, 0.6) is 5.75 Å². The number of nitrogens with one attached hydrogen (secondary N) is 1. The van der Waals surface area contributed by atoms with E-state index in [1.54, 1.807) is 23.8 Å². The molecule has 0 saturated heterocycles. The van der Waals surface area contributed by atoms with Gasteiger partial charge in [0.05, 0.1) is 12.9 Å². The molecule has 32 heavy (non-hydrogen) atoms. The summed E-state index contributed by atoms with van der Waals surface area (Å²) in [5, 5.41) is 2.96. The predicted octanol–water partition coefficient (Wildman–Crippen LogP) is 4.88. The van der Waals surface area contributed by atoms with Crippen LogP contribution in [0.2, 0.25) is 0 Å². The summed E-state index contributed by atoms with van der Waals surface area (Å²) >= 11 is 1.59. The molecule has 2 aromatic carbocycles. The summed E-state index contributed by atoms with van der Waals surface area (Å²) in [5.74, 6) is 1.76. The number of ether oxygens (including phenoxy) is 1. The summed E-state index contributed by atoms with van der Waals surface area (Å²) in [6.07, 6.45) is 1.43. The van der Waals surface area contributed by atoms with E-state index in [9.17, 15) is 9.59 Å². The summed E-state index contributed by atoms with van der Waals surface area (Å²) in [6, 6.07) is 13.6. The molecule has 0 aliphatic carbocycles. The molecule has 0 spiro atoms. The van der Waals surface area contributed by atoms with E-state index in [0.29, 0.717) is 25.3 Å². The zero-order chi connectivity index (χ0) is 23.5. The first-order valence-electron chi connectivity index (χ1n) is 11.2. The number of amides is 2. The lowest BCUT2D eigenvalue weighted by Crippen LogP contribution is -2.49. The van der Waals surface area contributed by atoms with Crippen molar-refractivity contribution in [3.63, 3.8) is 0 Å². The molecule has 0 heterocycles. The van der Waals surface area contributed by atoms with E-state index < -0.39 is 6.04 Å². The van der Waals surface area contributed by atoms with Crippen molar-refractivity contribution in [1.29, 1.82) is 0 Å². The normalized spacial score (nSPS) is 11.7. The van der Waals surface area contributed by atoms with Gasteiger partial charge in [0.1, 0.15) is 11.8 Å². The molecule has 2 aromatic rings. The van der Waals surface area contributed by atoms with E-state index in [1.165, 1.54) is 16.7 Å². The summed E-state index contributed by atoms with van der Waals surface area (Å²) in [7, 11) is 1.63. The number of methoxy groups -OCH3 is 1. The number of benzene rings is 2. The topological polar surface area (TPSA) is 58.6 Å². The Balaban J connectivity index is 2.13. The van der Waals surface area contributed by atoms with Crippen molar-refractivity contribution in [3.05, 3.63) is 64.7 Å². The van der Waals surface area contributed by atoms with Gasteiger partial charge in [-0.05, 0) is 49.9 Å². The Morgan fingerprint density at radius 3 is 2.25 bits per heavy atom. The molecule has 0 aliphatic heterocycles. The van der Waals surface area contributed by atoms with Gasteiger partial charge in [-0.25, -0.2) is 0 Å². The van der Waals surface area contributed by atoms with Crippen LogP contribution in [0.4, 0.5) is 0 Å². The van der Waals surface area contributed by atoms with Gasteiger partial charge in [-0.15, -0.1) is 11.8 Å². The molecule has 5 nitrogen and oxygen atoms in total. The number of hydrogen-bond donors (Lipinski definition) is 1. The first kappa shape index (κ1) is 25.8. The van der Waals surface area contributed by atoms with Crippen molar-refractivity contribution >= 4 is 23.6 Å². The Bertz CT molecular complexity index is 863. The van der Waals surface area contributed by atoms with Crippen molar-refractivity contribution in [2.24, 2.45) is 0 Å². The third kappa shape index (κ3) is 7.90. The highest BCUT2D eigenvalue weighted by atomic mass is 32.2. The molecule has 0 aromatic heterocycles. The molecule has 0 unspecified atom stereocenters. The summed E-state index contributed by atoms with van der Waals surface area (Å²) in [5.41, 5.74) is 4.65. The fourth-order valence-corrected chi connectivity index (χ4v) is 4.55. The second-order valence-electron chi connectivity index (χ2n) is 8.07. The quantitative estimate of drug-likeness (QED) is 0.495. The lowest BCUT2D eigenvalue weighted by molar-refractivity contribution is -0.139. The van der Waals surface area contributed by atoms with Crippen molar-refractivity contribution in [2.75, 3.05) is 19.4 Å². The zero-order valence-corrected chi connectivity index (χ0v) is 20.8. The molecular formula is C26H36N2O3S. The van der Waals surface area contributed by atoms with Crippen molar-refractivity contribution in [2.45, 2.75) is 58.9 Å². The largest absolute Gasteiger partial charge is 0.497 e. The monoisotopic (exact) mass is 456 g/mol. The summed E-state index contributed by atoms with van der Waals surface area (Å²) in [4.78, 5) is 27.8.